The van der Waals surface area contributed by atoms with Crippen molar-refractivity contribution in [3.05, 3.63) is 94.3 Å². The molecular weight excluding hydrogens is 449 g/mol. The van der Waals surface area contributed by atoms with E-state index in [1.54, 1.807) is 36.4 Å². The Balaban J connectivity index is 1.97. The van der Waals surface area contributed by atoms with Crippen LogP contribution in [-0.2, 0) is 9.59 Å². The third-order valence-electron chi connectivity index (χ3n) is 5.40. The third kappa shape index (κ3) is 4.03. The molecule has 1 fully saturated rings. The lowest BCUT2D eigenvalue weighted by Crippen LogP contribution is -2.29. The zero-order valence-corrected chi connectivity index (χ0v) is 18.5. The highest BCUT2D eigenvalue weighted by Gasteiger charge is 2.47. The molecule has 0 radical (unpaired) electrons. The van der Waals surface area contributed by atoms with Crippen molar-refractivity contribution in [2.45, 2.75) is 6.04 Å². The van der Waals surface area contributed by atoms with E-state index >= 15 is 0 Å². The van der Waals surface area contributed by atoms with Crippen molar-refractivity contribution < 1.29 is 28.6 Å². The van der Waals surface area contributed by atoms with Crippen LogP contribution in [0.5, 0.6) is 11.5 Å². The number of amides is 1. The Morgan fingerprint density at radius 1 is 0.970 bits per heavy atom. The fraction of sp³-hybridized carbons (Fsp3) is 0.120. The lowest BCUT2D eigenvalue weighted by molar-refractivity contribution is -0.132. The molecule has 0 aliphatic carbocycles. The number of rotatable bonds is 5. The Labute approximate surface area is 194 Å². The molecule has 33 heavy (non-hydrogen) atoms. The van der Waals surface area contributed by atoms with Gasteiger partial charge in [0.1, 0.15) is 23.1 Å². The molecule has 3 aromatic rings. The van der Waals surface area contributed by atoms with Crippen molar-refractivity contribution in [3.63, 3.8) is 0 Å². The number of Topliss-reactive ketones (excluding diaryl/α,β-unsaturated/α-hetero) is 1. The van der Waals surface area contributed by atoms with Crippen LogP contribution < -0.4 is 14.4 Å². The molecule has 1 unspecified atom stereocenters. The SMILES string of the molecule is COc1ccc(OC)c(/C(O)=C2\C(=O)C(=O)N(c3ccc(Cl)cc3)C2c2ccc(F)cc2)c1. The predicted octanol–water partition coefficient (Wildman–Crippen LogP) is 5.12. The second-order valence-electron chi connectivity index (χ2n) is 7.26. The Morgan fingerprint density at radius 3 is 2.24 bits per heavy atom. The Bertz CT molecular complexity index is 1250. The van der Waals surface area contributed by atoms with Gasteiger partial charge in [-0.15, -0.1) is 0 Å². The molecule has 0 saturated carbocycles. The van der Waals surface area contributed by atoms with Crippen molar-refractivity contribution >= 4 is 34.7 Å². The third-order valence-corrected chi connectivity index (χ3v) is 5.65. The topological polar surface area (TPSA) is 76.1 Å². The number of anilines is 1. The number of hydrogen-bond acceptors (Lipinski definition) is 5. The number of aliphatic hydroxyl groups excluding tert-OH is 1. The average Bonchev–Trinajstić information content (AvgIpc) is 3.09. The van der Waals surface area contributed by atoms with Gasteiger partial charge >= 0.3 is 0 Å². The molecule has 1 heterocycles. The zero-order valence-electron chi connectivity index (χ0n) is 17.7. The summed E-state index contributed by atoms with van der Waals surface area (Å²) in [6.45, 7) is 0. The highest BCUT2D eigenvalue weighted by Crippen LogP contribution is 2.43. The van der Waals surface area contributed by atoms with Crippen LogP contribution in [0.15, 0.2) is 72.3 Å². The molecular formula is C25H19ClFNO5. The first-order valence-electron chi connectivity index (χ1n) is 9.90. The molecule has 1 N–H and O–H groups in total. The summed E-state index contributed by atoms with van der Waals surface area (Å²) in [7, 11) is 2.88. The van der Waals surface area contributed by atoms with Gasteiger partial charge < -0.3 is 14.6 Å². The van der Waals surface area contributed by atoms with Gasteiger partial charge in [-0.3, -0.25) is 14.5 Å². The van der Waals surface area contributed by atoms with Crippen LogP contribution >= 0.6 is 11.6 Å². The highest BCUT2D eigenvalue weighted by atomic mass is 35.5. The molecule has 4 rings (SSSR count). The summed E-state index contributed by atoms with van der Waals surface area (Å²) < 4.78 is 24.2. The summed E-state index contributed by atoms with van der Waals surface area (Å²) in [6, 6.07) is 15.4. The van der Waals surface area contributed by atoms with Crippen LogP contribution in [0.25, 0.3) is 5.76 Å². The molecule has 1 atom stereocenters. The van der Waals surface area contributed by atoms with Gasteiger partial charge in [-0.05, 0) is 60.2 Å². The molecule has 3 aromatic carbocycles. The zero-order chi connectivity index (χ0) is 23.7. The maximum Gasteiger partial charge on any atom is 0.300 e. The number of carbonyl (C=O) groups is 2. The largest absolute Gasteiger partial charge is 0.507 e. The molecule has 0 aromatic heterocycles. The number of ether oxygens (including phenoxy) is 2. The second-order valence-corrected chi connectivity index (χ2v) is 7.70. The molecule has 1 saturated heterocycles. The van der Waals surface area contributed by atoms with Crippen LogP contribution in [0.1, 0.15) is 17.2 Å². The maximum absolute atomic E-state index is 13.6. The number of benzene rings is 3. The summed E-state index contributed by atoms with van der Waals surface area (Å²) in [6.07, 6.45) is 0. The van der Waals surface area contributed by atoms with Gasteiger partial charge in [0, 0.05) is 10.7 Å². The van der Waals surface area contributed by atoms with Gasteiger partial charge in [-0.25, -0.2) is 4.39 Å². The minimum Gasteiger partial charge on any atom is -0.507 e. The van der Waals surface area contributed by atoms with Crippen molar-refractivity contribution in [1.82, 2.24) is 0 Å². The summed E-state index contributed by atoms with van der Waals surface area (Å²) >= 11 is 5.99. The van der Waals surface area contributed by atoms with E-state index in [0.29, 0.717) is 22.0 Å². The van der Waals surface area contributed by atoms with Crippen molar-refractivity contribution in [3.8, 4) is 11.5 Å². The lowest BCUT2D eigenvalue weighted by Gasteiger charge is -2.25. The van der Waals surface area contributed by atoms with E-state index in [0.717, 1.165) is 0 Å². The maximum atomic E-state index is 13.6. The van der Waals surface area contributed by atoms with Crippen LogP contribution in [0.3, 0.4) is 0 Å². The fourth-order valence-corrected chi connectivity index (χ4v) is 3.93. The molecule has 1 aliphatic rings. The van der Waals surface area contributed by atoms with E-state index in [4.69, 9.17) is 21.1 Å². The standard InChI is InChI=1S/C25H19ClFNO5/c1-32-18-11-12-20(33-2)19(13-18)23(29)21-22(14-3-7-16(27)8-4-14)28(25(31)24(21)30)17-9-5-15(26)6-10-17/h3-13,22,29H,1-2H3/b23-21+. The predicted molar refractivity (Wildman–Crippen MR) is 122 cm³/mol. The average molecular weight is 468 g/mol. The number of halogens is 2. The summed E-state index contributed by atoms with van der Waals surface area (Å²) in [5, 5.41) is 11.7. The van der Waals surface area contributed by atoms with Gasteiger partial charge in [-0.2, -0.15) is 0 Å². The van der Waals surface area contributed by atoms with Crippen molar-refractivity contribution in [2.75, 3.05) is 19.1 Å². The minimum atomic E-state index is -1.01. The van der Waals surface area contributed by atoms with Crippen molar-refractivity contribution in [1.29, 1.82) is 0 Å². The molecule has 168 valence electrons. The number of aliphatic hydroxyl groups is 1. The second kappa shape index (κ2) is 8.96. The first-order chi connectivity index (χ1) is 15.8. The van der Waals surface area contributed by atoms with E-state index < -0.39 is 29.3 Å². The van der Waals surface area contributed by atoms with Gasteiger partial charge in [0.25, 0.3) is 11.7 Å². The smallest absolute Gasteiger partial charge is 0.300 e. The van der Waals surface area contributed by atoms with Gasteiger partial charge in [-0.1, -0.05) is 23.7 Å². The van der Waals surface area contributed by atoms with E-state index in [1.807, 2.05) is 0 Å². The molecule has 0 bridgehead atoms. The minimum absolute atomic E-state index is 0.159. The van der Waals surface area contributed by atoms with E-state index in [9.17, 15) is 19.1 Å². The normalized spacial score (nSPS) is 17.3. The fourth-order valence-electron chi connectivity index (χ4n) is 3.81. The quantitative estimate of drug-likeness (QED) is 0.320. The molecule has 0 spiro atoms. The summed E-state index contributed by atoms with van der Waals surface area (Å²) in [5.74, 6) is -1.94. The highest BCUT2D eigenvalue weighted by molar-refractivity contribution is 6.51. The Kier molecular flexibility index (Phi) is 6.07. The Hall–Kier alpha value is -3.84. The first-order valence-corrected chi connectivity index (χ1v) is 10.3. The van der Waals surface area contributed by atoms with Crippen molar-refractivity contribution in [2.24, 2.45) is 0 Å². The van der Waals surface area contributed by atoms with Crippen LogP contribution in [0.4, 0.5) is 10.1 Å². The Morgan fingerprint density at radius 2 is 1.64 bits per heavy atom. The van der Waals surface area contributed by atoms with E-state index in [-0.39, 0.29) is 16.9 Å². The number of hydrogen-bond donors (Lipinski definition) is 1. The molecule has 6 nitrogen and oxygen atoms in total. The lowest BCUT2D eigenvalue weighted by atomic mass is 9.94. The number of methoxy groups -OCH3 is 2. The molecule has 8 heteroatoms. The monoisotopic (exact) mass is 467 g/mol. The first kappa shape index (κ1) is 22.4. The van der Waals surface area contributed by atoms with E-state index in [2.05, 4.69) is 0 Å². The summed E-state index contributed by atoms with van der Waals surface area (Å²) in [4.78, 5) is 27.6. The number of ketones is 1. The molecule has 1 amide bonds. The molecule has 1 aliphatic heterocycles. The van der Waals surface area contributed by atoms with E-state index in [1.165, 1.54) is 49.5 Å². The summed E-state index contributed by atoms with van der Waals surface area (Å²) in [5.41, 5.74) is 0.854. The van der Waals surface area contributed by atoms with Crippen LogP contribution in [0, 0.1) is 5.82 Å². The van der Waals surface area contributed by atoms with Gasteiger partial charge in [0.05, 0.1) is 31.4 Å². The van der Waals surface area contributed by atoms with Crippen LogP contribution in [0.2, 0.25) is 5.02 Å². The number of nitrogens with zero attached hydrogens (tertiary/aromatic N) is 1. The van der Waals surface area contributed by atoms with Gasteiger partial charge in [0.15, 0.2) is 0 Å². The number of carbonyl (C=O) groups excluding carboxylic acids is 2. The van der Waals surface area contributed by atoms with Gasteiger partial charge in [0.2, 0.25) is 0 Å². The van der Waals surface area contributed by atoms with Crippen LogP contribution in [-0.4, -0.2) is 31.0 Å².